The average molecular weight is 504 g/mol. The smallest absolute Gasteiger partial charge is 0.347 e. The van der Waals surface area contributed by atoms with Crippen LogP contribution in [-0.2, 0) is 25.9 Å². The van der Waals surface area contributed by atoms with E-state index >= 15 is 0 Å². The Bertz CT molecular complexity index is 1390. The van der Waals surface area contributed by atoms with Gasteiger partial charge in [0.2, 0.25) is 5.78 Å². The van der Waals surface area contributed by atoms with Gasteiger partial charge in [0.25, 0.3) is 5.91 Å². The zero-order chi connectivity index (χ0) is 24.7. The van der Waals surface area contributed by atoms with E-state index in [0.29, 0.717) is 45.8 Å². The molecule has 1 aliphatic heterocycles. The van der Waals surface area contributed by atoms with E-state index in [9.17, 15) is 18.0 Å². The van der Waals surface area contributed by atoms with Gasteiger partial charge in [-0.05, 0) is 18.4 Å². The lowest BCUT2D eigenvalue weighted by Gasteiger charge is -2.24. The topological polar surface area (TPSA) is 90.0 Å². The highest BCUT2D eigenvalue weighted by Crippen LogP contribution is 2.34. The highest BCUT2D eigenvalue weighted by molar-refractivity contribution is 6.30. The Hall–Kier alpha value is -3.47. The quantitative estimate of drug-likeness (QED) is 0.439. The molecule has 0 radical (unpaired) electrons. The Balaban J connectivity index is 1.28. The van der Waals surface area contributed by atoms with Gasteiger partial charge in [-0.2, -0.15) is 18.3 Å². The van der Waals surface area contributed by atoms with Gasteiger partial charge in [0.1, 0.15) is 11.5 Å². The van der Waals surface area contributed by atoms with Crippen molar-refractivity contribution in [3.8, 4) is 11.4 Å². The van der Waals surface area contributed by atoms with E-state index in [0.717, 1.165) is 5.56 Å². The van der Waals surface area contributed by atoms with Gasteiger partial charge in [-0.15, -0.1) is 0 Å². The van der Waals surface area contributed by atoms with Gasteiger partial charge in [0.15, 0.2) is 5.82 Å². The van der Waals surface area contributed by atoms with Gasteiger partial charge in [0.05, 0.1) is 22.8 Å². The molecule has 3 aromatic heterocycles. The number of nitrogens with one attached hydrogen (secondary N) is 1. The molecule has 0 saturated heterocycles. The van der Waals surface area contributed by atoms with Gasteiger partial charge in [-0.25, -0.2) is 19.6 Å². The van der Waals surface area contributed by atoms with Crippen molar-refractivity contribution in [1.29, 1.82) is 0 Å². The lowest BCUT2D eigenvalue weighted by molar-refractivity contribution is -0.179. The molecule has 1 aromatic carbocycles. The van der Waals surface area contributed by atoms with Gasteiger partial charge in [0, 0.05) is 31.3 Å². The highest BCUT2D eigenvalue weighted by atomic mass is 35.5. The first-order chi connectivity index (χ1) is 16.7. The van der Waals surface area contributed by atoms with Crippen LogP contribution in [0.2, 0.25) is 5.02 Å². The molecule has 0 saturated carbocycles. The van der Waals surface area contributed by atoms with Gasteiger partial charge in [-0.1, -0.05) is 42.8 Å². The number of carbonyl (C=O) groups excluding carboxylic acids is 1. The normalized spacial score (nSPS) is 15.9. The third-order valence-electron chi connectivity index (χ3n) is 6.07. The molecule has 1 aliphatic rings. The van der Waals surface area contributed by atoms with E-state index in [1.54, 1.807) is 27.4 Å². The summed E-state index contributed by atoms with van der Waals surface area (Å²) in [5.74, 6) is -0.547. The number of amides is 1. The Morgan fingerprint density at radius 3 is 2.71 bits per heavy atom. The van der Waals surface area contributed by atoms with Crippen molar-refractivity contribution in [2.45, 2.75) is 45.5 Å². The SMILES string of the molecule is CCc1nc2ncc(Cl)cn2c1C(=O)NCc1ccc(-c2nc3n(n2)CCC(C(F)(F)F)C3)cc1. The fourth-order valence-electron chi connectivity index (χ4n) is 4.19. The minimum Gasteiger partial charge on any atom is -0.347 e. The van der Waals surface area contributed by atoms with E-state index in [-0.39, 0.29) is 31.8 Å². The van der Waals surface area contributed by atoms with Crippen LogP contribution in [0.4, 0.5) is 13.2 Å². The van der Waals surface area contributed by atoms with Crippen LogP contribution in [-0.4, -0.2) is 41.2 Å². The minimum atomic E-state index is -4.23. The number of fused-ring (bicyclic) bond motifs is 2. The first-order valence-corrected chi connectivity index (χ1v) is 11.5. The molecule has 1 amide bonds. The van der Waals surface area contributed by atoms with E-state index in [4.69, 9.17) is 11.6 Å². The molecule has 0 spiro atoms. The van der Waals surface area contributed by atoms with Crippen LogP contribution in [0.3, 0.4) is 0 Å². The lowest BCUT2D eigenvalue weighted by Crippen LogP contribution is -2.31. The van der Waals surface area contributed by atoms with Crippen LogP contribution < -0.4 is 5.32 Å². The maximum atomic E-state index is 13.1. The van der Waals surface area contributed by atoms with Crippen molar-refractivity contribution in [3.05, 3.63) is 64.5 Å². The van der Waals surface area contributed by atoms with Gasteiger partial charge < -0.3 is 5.32 Å². The molecule has 1 N–H and O–H groups in total. The van der Waals surface area contributed by atoms with Gasteiger partial charge in [-0.3, -0.25) is 9.20 Å². The van der Waals surface area contributed by atoms with Crippen molar-refractivity contribution in [2.24, 2.45) is 5.92 Å². The summed E-state index contributed by atoms with van der Waals surface area (Å²) in [5.41, 5.74) is 2.54. The third kappa shape index (κ3) is 4.60. The van der Waals surface area contributed by atoms with E-state index in [1.807, 2.05) is 19.1 Å². The molecular weight excluding hydrogens is 483 g/mol. The van der Waals surface area contributed by atoms with Crippen LogP contribution in [0.25, 0.3) is 17.2 Å². The number of aromatic nitrogens is 6. The number of hydrogen-bond donors (Lipinski definition) is 1. The Kier molecular flexibility index (Phi) is 5.96. The number of nitrogens with zero attached hydrogens (tertiary/aromatic N) is 6. The molecule has 5 rings (SSSR count). The average Bonchev–Trinajstić information content (AvgIpc) is 3.42. The molecule has 0 fully saturated rings. The number of carbonyl (C=O) groups is 1. The second-order valence-electron chi connectivity index (χ2n) is 8.39. The molecule has 1 unspecified atom stereocenters. The monoisotopic (exact) mass is 503 g/mol. The summed E-state index contributed by atoms with van der Waals surface area (Å²) >= 11 is 6.04. The van der Waals surface area contributed by atoms with Crippen molar-refractivity contribution >= 4 is 23.3 Å². The zero-order valence-corrected chi connectivity index (χ0v) is 19.4. The minimum absolute atomic E-state index is 0.00637. The second kappa shape index (κ2) is 8.95. The van der Waals surface area contributed by atoms with Crippen molar-refractivity contribution in [2.75, 3.05) is 0 Å². The Morgan fingerprint density at radius 2 is 2.00 bits per heavy atom. The molecule has 182 valence electrons. The Labute approximate surface area is 203 Å². The van der Waals surface area contributed by atoms with Crippen LogP contribution in [0.1, 0.15) is 40.9 Å². The maximum Gasteiger partial charge on any atom is 0.392 e. The van der Waals surface area contributed by atoms with Crippen molar-refractivity contribution in [3.63, 3.8) is 0 Å². The van der Waals surface area contributed by atoms with E-state index < -0.39 is 12.1 Å². The largest absolute Gasteiger partial charge is 0.392 e. The predicted octanol–water partition coefficient (Wildman–Crippen LogP) is 4.26. The molecule has 0 aliphatic carbocycles. The summed E-state index contributed by atoms with van der Waals surface area (Å²) in [4.78, 5) is 25.8. The second-order valence-corrected chi connectivity index (χ2v) is 8.82. The fourth-order valence-corrected chi connectivity index (χ4v) is 4.33. The fraction of sp³-hybridized carbons (Fsp3) is 0.348. The lowest BCUT2D eigenvalue weighted by atomic mass is 9.98. The number of benzene rings is 1. The van der Waals surface area contributed by atoms with Crippen LogP contribution in [0, 0.1) is 5.92 Å². The Morgan fingerprint density at radius 1 is 1.23 bits per heavy atom. The molecule has 35 heavy (non-hydrogen) atoms. The summed E-state index contributed by atoms with van der Waals surface area (Å²) in [6.45, 7) is 2.37. The van der Waals surface area contributed by atoms with E-state index in [2.05, 4.69) is 25.4 Å². The number of alkyl halides is 3. The third-order valence-corrected chi connectivity index (χ3v) is 6.26. The number of imidazole rings is 1. The van der Waals surface area contributed by atoms with E-state index in [1.165, 1.54) is 6.20 Å². The maximum absolute atomic E-state index is 13.1. The van der Waals surface area contributed by atoms with Crippen molar-refractivity contribution < 1.29 is 18.0 Å². The van der Waals surface area contributed by atoms with Crippen LogP contribution in [0.5, 0.6) is 0 Å². The molecule has 12 heteroatoms. The molecule has 0 bridgehead atoms. The molecule has 4 aromatic rings. The summed E-state index contributed by atoms with van der Waals surface area (Å²) in [5, 5.41) is 7.66. The summed E-state index contributed by atoms with van der Waals surface area (Å²) < 4.78 is 42.3. The number of hydrogen-bond acceptors (Lipinski definition) is 5. The number of rotatable bonds is 5. The van der Waals surface area contributed by atoms with Gasteiger partial charge >= 0.3 is 6.18 Å². The molecule has 8 nitrogen and oxygen atoms in total. The number of aryl methyl sites for hydroxylation is 2. The van der Waals surface area contributed by atoms with Crippen LogP contribution >= 0.6 is 11.6 Å². The highest BCUT2D eigenvalue weighted by Gasteiger charge is 2.42. The molecular formula is C23H21ClF3N7O. The van der Waals surface area contributed by atoms with Crippen LogP contribution in [0.15, 0.2) is 36.7 Å². The summed E-state index contributed by atoms with van der Waals surface area (Å²) in [6.07, 6.45) is -0.741. The zero-order valence-electron chi connectivity index (χ0n) is 18.7. The molecule has 4 heterocycles. The summed E-state index contributed by atoms with van der Waals surface area (Å²) in [7, 11) is 0. The molecule has 1 atom stereocenters. The summed E-state index contributed by atoms with van der Waals surface area (Å²) in [6, 6.07) is 7.22. The standard InChI is InChI=1S/C23H21ClF3N7O/c1-2-17-19(33-12-16(24)11-29-22(33)30-17)21(35)28-10-13-3-5-14(6-4-13)20-31-18-9-15(23(25,26)27)7-8-34(18)32-20/h3-6,11-12,15H,2,7-10H2,1H3,(H,28,35). The predicted molar refractivity (Wildman–Crippen MR) is 122 cm³/mol. The first kappa shape index (κ1) is 23.3. The first-order valence-electron chi connectivity index (χ1n) is 11.1. The van der Waals surface area contributed by atoms with Crippen molar-refractivity contribution in [1.82, 2.24) is 34.4 Å². The number of halogens is 4.